The number of pyridine rings is 1. The number of aliphatic hydroxyl groups is 2. The number of aromatic nitrogens is 1. The smallest absolute Gasteiger partial charge is 0.306 e. The van der Waals surface area contributed by atoms with Gasteiger partial charge in [0.25, 0.3) is 12.1 Å². The number of aliphatic carboxylic acids is 1. The van der Waals surface area contributed by atoms with Gasteiger partial charge in [-0.15, -0.1) is 0 Å². The van der Waals surface area contributed by atoms with E-state index in [9.17, 15) is 24.6 Å². The fourth-order valence-electron chi connectivity index (χ4n) is 2.37. The van der Waals surface area contributed by atoms with Crippen LogP contribution in [0.2, 0.25) is 0 Å². The number of esters is 1. The number of hydrogen-bond acceptors (Lipinski definition) is 7. The van der Waals surface area contributed by atoms with Crippen LogP contribution < -0.4 is 10.3 Å². The molecular formula is C15H19N2O8+. The molecule has 1 saturated heterocycles. The normalized spacial score (nSPS) is 25.5. The van der Waals surface area contributed by atoms with E-state index in [1.165, 1.54) is 29.1 Å². The number of rotatable bonds is 7. The summed E-state index contributed by atoms with van der Waals surface area (Å²) in [6, 6.07) is 3.01. The number of carbonyl (C=O) groups is 3. The SMILES string of the molecule is NC(=O)c1ccc[n+]([C@@H]2O[C@H](COC(=O)CCC(=O)O)[C@@H](O)[C@H]2O)c1. The highest BCUT2D eigenvalue weighted by atomic mass is 16.6. The van der Waals surface area contributed by atoms with Gasteiger partial charge in [0.15, 0.2) is 18.5 Å². The lowest BCUT2D eigenvalue weighted by Gasteiger charge is -2.13. The first kappa shape index (κ1) is 18.8. The average molecular weight is 355 g/mol. The summed E-state index contributed by atoms with van der Waals surface area (Å²) in [7, 11) is 0. The highest BCUT2D eigenvalue weighted by Crippen LogP contribution is 2.25. The summed E-state index contributed by atoms with van der Waals surface area (Å²) in [5.41, 5.74) is 5.39. The second-order valence-electron chi connectivity index (χ2n) is 5.53. The monoisotopic (exact) mass is 355 g/mol. The third kappa shape index (κ3) is 4.72. The standard InChI is InChI=1S/C15H18N2O8/c16-14(23)8-2-1-5-17(6-8)15-13(22)12(21)9(25-15)7-24-11(20)4-3-10(18)19/h1-2,5-6,9,12-13,15,21-22H,3-4,7H2,(H2-,16,18,19,23)/p+1/t9-,12-,13-,15-/m1/s1. The fourth-order valence-corrected chi connectivity index (χ4v) is 2.37. The summed E-state index contributed by atoms with van der Waals surface area (Å²) in [6.45, 7) is -0.344. The molecule has 1 aliphatic heterocycles. The fraction of sp³-hybridized carbons (Fsp3) is 0.467. The van der Waals surface area contributed by atoms with Crippen molar-refractivity contribution in [2.24, 2.45) is 5.73 Å². The number of carbonyl (C=O) groups excluding carboxylic acids is 2. The number of aliphatic hydroxyl groups excluding tert-OH is 2. The molecule has 0 radical (unpaired) electrons. The molecule has 1 fully saturated rings. The molecule has 2 rings (SSSR count). The van der Waals surface area contributed by atoms with Crippen LogP contribution in [0, 0.1) is 0 Å². The van der Waals surface area contributed by atoms with Crippen LogP contribution in [-0.4, -0.2) is 58.1 Å². The van der Waals surface area contributed by atoms with Crippen molar-refractivity contribution in [1.29, 1.82) is 0 Å². The van der Waals surface area contributed by atoms with E-state index in [4.69, 9.17) is 20.3 Å². The Morgan fingerprint density at radius 1 is 1.24 bits per heavy atom. The molecule has 1 amide bonds. The summed E-state index contributed by atoms with van der Waals surface area (Å²) in [4.78, 5) is 33.0. The van der Waals surface area contributed by atoms with E-state index in [1.54, 1.807) is 0 Å². The average Bonchev–Trinajstić information content (AvgIpc) is 2.86. The highest BCUT2D eigenvalue weighted by molar-refractivity contribution is 5.92. The van der Waals surface area contributed by atoms with E-state index in [1.807, 2.05) is 0 Å². The Hall–Kier alpha value is -2.56. The quantitative estimate of drug-likeness (QED) is 0.326. The molecule has 10 heteroatoms. The molecular weight excluding hydrogens is 336 g/mol. The van der Waals surface area contributed by atoms with E-state index in [0.717, 1.165) is 0 Å². The summed E-state index contributed by atoms with van der Waals surface area (Å²) in [5.74, 6) is -2.54. The predicted octanol–water partition coefficient (Wildman–Crippen LogP) is -1.90. The van der Waals surface area contributed by atoms with Crippen molar-refractivity contribution in [2.45, 2.75) is 37.4 Å². The first-order valence-corrected chi connectivity index (χ1v) is 7.49. The number of ether oxygens (including phenoxy) is 2. The lowest BCUT2D eigenvalue weighted by molar-refractivity contribution is -0.765. The van der Waals surface area contributed by atoms with Gasteiger partial charge < -0.3 is 30.5 Å². The van der Waals surface area contributed by atoms with Crippen LogP contribution in [0.5, 0.6) is 0 Å². The molecule has 0 aromatic carbocycles. The summed E-state index contributed by atoms with van der Waals surface area (Å²) in [5, 5.41) is 28.7. The molecule has 1 aromatic rings. The lowest BCUT2D eigenvalue weighted by atomic mass is 10.1. The van der Waals surface area contributed by atoms with Crippen molar-refractivity contribution in [3.8, 4) is 0 Å². The van der Waals surface area contributed by atoms with Crippen LogP contribution in [0.1, 0.15) is 29.4 Å². The third-order valence-electron chi connectivity index (χ3n) is 3.69. The molecule has 0 unspecified atom stereocenters. The molecule has 1 aliphatic rings. The second-order valence-corrected chi connectivity index (χ2v) is 5.53. The zero-order chi connectivity index (χ0) is 18.6. The maximum absolute atomic E-state index is 11.4. The van der Waals surface area contributed by atoms with E-state index < -0.39 is 42.4 Å². The van der Waals surface area contributed by atoms with Crippen LogP contribution >= 0.6 is 0 Å². The van der Waals surface area contributed by atoms with Crippen molar-refractivity contribution in [2.75, 3.05) is 6.61 Å². The maximum atomic E-state index is 11.4. The molecule has 2 heterocycles. The first-order chi connectivity index (χ1) is 11.8. The minimum absolute atomic E-state index is 0.191. The zero-order valence-corrected chi connectivity index (χ0v) is 13.1. The molecule has 10 nitrogen and oxygen atoms in total. The third-order valence-corrected chi connectivity index (χ3v) is 3.69. The topological polar surface area (TPSA) is 160 Å². The van der Waals surface area contributed by atoms with Crippen molar-refractivity contribution in [3.05, 3.63) is 30.1 Å². The summed E-state index contributed by atoms with van der Waals surface area (Å²) < 4.78 is 11.7. The minimum atomic E-state index is -1.33. The van der Waals surface area contributed by atoms with Gasteiger partial charge in [-0.3, -0.25) is 14.4 Å². The van der Waals surface area contributed by atoms with Crippen LogP contribution in [0.25, 0.3) is 0 Å². The van der Waals surface area contributed by atoms with Crippen molar-refractivity contribution in [1.82, 2.24) is 0 Å². The molecule has 0 bridgehead atoms. The molecule has 0 spiro atoms. The van der Waals surface area contributed by atoms with E-state index in [0.29, 0.717) is 0 Å². The predicted molar refractivity (Wildman–Crippen MR) is 78.9 cm³/mol. The number of carboxylic acid groups (broad SMARTS) is 1. The van der Waals surface area contributed by atoms with Gasteiger partial charge in [0.1, 0.15) is 24.4 Å². The van der Waals surface area contributed by atoms with Gasteiger partial charge in [-0.05, 0) is 6.07 Å². The Labute approximate surface area is 142 Å². The van der Waals surface area contributed by atoms with Crippen molar-refractivity contribution in [3.63, 3.8) is 0 Å². The van der Waals surface area contributed by atoms with Gasteiger partial charge in [-0.1, -0.05) is 0 Å². The Balaban J connectivity index is 1.98. The highest BCUT2D eigenvalue weighted by Gasteiger charge is 2.48. The number of nitrogens with two attached hydrogens (primary N) is 1. The number of nitrogens with zero attached hydrogens (tertiary/aromatic N) is 1. The molecule has 25 heavy (non-hydrogen) atoms. The second kappa shape index (κ2) is 8.01. The van der Waals surface area contributed by atoms with Gasteiger partial charge >= 0.3 is 11.9 Å². The molecule has 0 aliphatic carbocycles. The van der Waals surface area contributed by atoms with Crippen LogP contribution in [0.3, 0.4) is 0 Å². The van der Waals surface area contributed by atoms with Gasteiger partial charge in [-0.25, -0.2) is 0 Å². The number of hydrogen-bond donors (Lipinski definition) is 4. The Bertz CT molecular complexity index is 665. The Morgan fingerprint density at radius 2 is 1.96 bits per heavy atom. The first-order valence-electron chi connectivity index (χ1n) is 7.49. The van der Waals surface area contributed by atoms with Crippen LogP contribution in [0.15, 0.2) is 24.5 Å². The Morgan fingerprint density at radius 3 is 2.60 bits per heavy atom. The van der Waals surface area contributed by atoms with Gasteiger partial charge in [-0.2, -0.15) is 4.57 Å². The van der Waals surface area contributed by atoms with E-state index >= 15 is 0 Å². The van der Waals surface area contributed by atoms with Crippen LogP contribution in [-0.2, 0) is 19.1 Å². The largest absolute Gasteiger partial charge is 0.481 e. The van der Waals surface area contributed by atoms with Gasteiger partial charge in [0.2, 0.25) is 0 Å². The van der Waals surface area contributed by atoms with Crippen molar-refractivity contribution >= 4 is 17.8 Å². The lowest BCUT2D eigenvalue weighted by Crippen LogP contribution is -2.46. The van der Waals surface area contributed by atoms with E-state index in [-0.39, 0.29) is 25.0 Å². The number of carboxylic acids is 1. The summed E-state index contributed by atoms with van der Waals surface area (Å²) >= 11 is 0. The maximum Gasteiger partial charge on any atom is 0.306 e. The number of primary amides is 1. The van der Waals surface area contributed by atoms with Crippen LogP contribution in [0.4, 0.5) is 0 Å². The summed E-state index contributed by atoms with van der Waals surface area (Å²) in [6.07, 6.45) is -2.44. The van der Waals surface area contributed by atoms with Gasteiger partial charge in [0.05, 0.1) is 12.8 Å². The zero-order valence-electron chi connectivity index (χ0n) is 13.1. The van der Waals surface area contributed by atoms with Crippen molar-refractivity contribution < 1.29 is 43.7 Å². The molecule has 4 atom stereocenters. The Kier molecular flexibility index (Phi) is 6.02. The molecule has 1 aromatic heterocycles. The minimum Gasteiger partial charge on any atom is -0.481 e. The molecule has 5 N–H and O–H groups in total. The number of amides is 1. The van der Waals surface area contributed by atoms with Gasteiger partial charge in [0, 0.05) is 6.07 Å². The molecule has 0 saturated carbocycles. The molecule has 136 valence electrons. The van der Waals surface area contributed by atoms with E-state index in [2.05, 4.69) is 0 Å².